The normalized spacial score (nSPS) is 10.6. The first kappa shape index (κ1) is 11.3. The van der Waals surface area contributed by atoms with Crippen LogP contribution in [0.2, 0.25) is 0 Å². The maximum Gasteiger partial charge on any atom is 0.276 e. The molecule has 2 aromatic heterocycles. The van der Waals surface area contributed by atoms with Crippen LogP contribution >= 0.6 is 0 Å². The Hall–Kier alpha value is -2.76. The van der Waals surface area contributed by atoms with Crippen LogP contribution in [-0.2, 0) is 0 Å². The molecule has 0 aliphatic carbocycles. The molecule has 94 valence electrons. The van der Waals surface area contributed by atoms with E-state index in [1.165, 1.54) is 0 Å². The lowest BCUT2D eigenvalue weighted by atomic mass is 10.2. The molecule has 0 aliphatic heterocycles. The van der Waals surface area contributed by atoms with Gasteiger partial charge in [0.1, 0.15) is 0 Å². The Morgan fingerprint density at radius 1 is 1.21 bits per heavy atom. The van der Waals surface area contributed by atoms with E-state index in [0.717, 1.165) is 16.6 Å². The van der Waals surface area contributed by atoms with Gasteiger partial charge in [-0.05, 0) is 37.3 Å². The number of hydrogen-bond donors (Lipinski definition) is 2. The second-order valence-corrected chi connectivity index (χ2v) is 4.19. The molecule has 0 atom stereocenters. The van der Waals surface area contributed by atoms with Crippen LogP contribution in [0.4, 0.5) is 5.69 Å². The number of aryl methyl sites for hydroxylation is 1. The number of rotatable bonds is 2. The third-order valence-electron chi connectivity index (χ3n) is 2.73. The van der Waals surface area contributed by atoms with E-state index in [0.29, 0.717) is 5.69 Å². The smallest absolute Gasteiger partial charge is 0.276 e. The van der Waals surface area contributed by atoms with Crippen molar-refractivity contribution in [1.29, 1.82) is 0 Å². The number of carbonyl (C=O) groups is 1. The number of anilines is 1. The number of amides is 1. The van der Waals surface area contributed by atoms with Crippen molar-refractivity contribution in [3.05, 3.63) is 47.9 Å². The summed E-state index contributed by atoms with van der Waals surface area (Å²) in [6.07, 6.45) is 1.73. The molecule has 0 spiro atoms. The highest BCUT2D eigenvalue weighted by Crippen LogP contribution is 2.16. The van der Waals surface area contributed by atoms with E-state index in [1.54, 1.807) is 18.3 Å². The Bertz CT molecular complexity index is 732. The molecule has 0 unspecified atom stereocenters. The zero-order valence-electron chi connectivity index (χ0n) is 10.2. The summed E-state index contributed by atoms with van der Waals surface area (Å²) in [5.41, 5.74) is 2.61. The Morgan fingerprint density at radius 3 is 2.89 bits per heavy atom. The average molecular weight is 253 g/mol. The second kappa shape index (κ2) is 4.49. The first-order valence-corrected chi connectivity index (χ1v) is 5.77. The van der Waals surface area contributed by atoms with Crippen molar-refractivity contribution in [1.82, 2.24) is 20.4 Å². The van der Waals surface area contributed by atoms with Gasteiger partial charge in [0.15, 0.2) is 5.69 Å². The molecule has 0 radical (unpaired) electrons. The lowest BCUT2D eigenvalue weighted by Gasteiger charge is -2.04. The lowest BCUT2D eigenvalue weighted by Crippen LogP contribution is -2.14. The number of fused-ring (bicyclic) bond motifs is 1. The fraction of sp³-hybridized carbons (Fsp3) is 0.0769. The first-order chi connectivity index (χ1) is 9.22. The van der Waals surface area contributed by atoms with E-state index in [2.05, 4.69) is 25.7 Å². The van der Waals surface area contributed by atoms with Gasteiger partial charge in [0, 0.05) is 11.1 Å². The van der Waals surface area contributed by atoms with Crippen molar-refractivity contribution < 1.29 is 4.79 Å². The molecule has 1 aromatic carbocycles. The van der Waals surface area contributed by atoms with E-state index >= 15 is 0 Å². The van der Waals surface area contributed by atoms with Crippen LogP contribution in [0.3, 0.4) is 0 Å². The summed E-state index contributed by atoms with van der Waals surface area (Å²) in [7, 11) is 0. The molecule has 3 rings (SSSR count). The number of H-pyrrole nitrogens is 1. The van der Waals surface area contributed by atoms with Crippen molar-refractivity contribution >= 4 is 22.5 Å². The van der Waals surface area contributed by atoms with E-state index in [4.69, 9.17) is 0 Å². The molecule has 0 aliphatic rings. The maximum absolute atomic E-state index is 12.0. The van der Waals surface area contributed by atoms with Gasteiger partial charge >= 0.3 is 0 Å². The molecular weight excluding hydrogens is 242 g/mol. The minimum Gasteiger partial charge on any atom is -0.321 e. The largest absolute Gasteiger partial charge is 0.321 e. The molecule has 0 bridgehead atoms. The second-order valence-electron chi connectivity index (χ2n) is 4.19. The fourth-order valence-corrected chi connectivity index (χ4v) is 1.73. The predicted molar refractivity (Wildman–Crippen MR) is 70.8 cm³/mol. The Labute approximate surface area is 108 Å². The molecule has 6 heteroatoms. The summed E-state index contributed by atoms with van der Waals surface area (Å²) in [5, 5.41) is 18.2. The molecular formula is C13H11N5O. The molecule has 1 amide bonds. The monoisotopic (exact) mass is 253 g/mol. The first-order valence-electron chi connectivity index (χ1n) is 5.77. The molecule has 0 saturated heterocycles. The summed E-state index contributed by atoms with van der Waals surface area (Å²) >= 11 is 0. The minimum atomic E-state index is -0.286. The molecule has 6 nitrogen and oxygen atoms in total. The van der Waals surface area contributed by atoms with Gasteiger partial charge in [-0.2, -0.15) is 10.2 Å². The van der Waals surface area contributed by atoms with Crippen LogP contribution in [-0.4, -0.2) is 26.3 Å². The summed E-state index contributed by atoms with van der Waals surface area (Å²) < 4.78 is 0. The number of benzene rings is 1. The van der Waals surface area contributed by atoms with E-state index in [-0.39, 0.29) is 11.6 Å². The molecule has 0 fully saturated rings. The van der Waals surface area contributed by atoms with Crippen LogP contribution in [0.25, 0.3) is 10.9 Å². The van der Waals surface area contributed by atoms with Crippen LogP contribution < -0.4 is 5.32 Å². The van der Waals surface area contributed by atoms with Crippen LogP contribution in [0.15, 0.2) is 36.5 Å². The molecule has 0 saturated carbocycles. The number of aromatic nitrogens is 4. The number of nitrogens with zero attached hydrogens (tertiary/aromatic N) is 3. The highest BCUT2D eigenvalue weighted by Gasteiger charge is 2.08. The summed E-state index contributed by atoms with van der Waals surface area (Å²) in [5.74, 6) is -0.286. The highest BCUT2D eigenvalue weighted by atomic mass is 16.1. The summed E-state index contributed by atoms with van der Waals surface area (Å²) in [4.78, 5) is 12.0. The summed E-state index contributed by atoms with van der Waals surface area (Å²) in [6, 6.07) is 8.92. The van der Waals surface area contributed by atoms with E-state index in [1.807, 2.05) is 25.1 Å². The third kappa shape index (κ3) is 2.28. The van der Waals surface area contributed by atoms with Gasteiger partial charge in [0.2, 0.25) is 0 Å². The number of hydrogen-bond acceptors (Lipinski definition) is 4. The van der Waals surface area contributed by atoms with Crippen molar-refractivity contribution in [3.63, 3.8) is 0 Å². The van der Waals surface area contributed by atoms with Gasteiger partial charge in [-0.15, -0.1) is 5.10 Å². The standard InChI is InChI=1S/C13H11N5O/c1-8-2-5-11(18-16-8)13(19)15-10-4-3-9-7-14-17-12(9)6-10/h2-7H,1H3,(H,14,17)(H,15,19). The van der Waals surface area contributed by atoms with Crippen molar-refractivity contribution in [2.24, 2.45) is 0 Å². The lowest BCUT2D eigenvalue weighted by molar-refractivity contribution is 0.102. The van der Waals surface area contributed by atoms with Gasteiger partial charge in [0.25, 0.3) is 5.91 Å². The number of carbonyl (C=O) groups excluding carboxylic acids is 1. The number of aromatic amines is 1. The van der Waals surface area contributed by atoms with Crippen molar-refractivity contribution in [2.75, 3.05) is 5.32 Å². The molecule has 2 heterocycles. The van der Waals surface area contributed by atoms with Gasteiger partial charge in [-0.3, -0.25) is 9.89 Å². The molecule has 3 aromatic rings. The molecule has 2 N–H and O–H groups in total. The van der Waals surface area contributed by atoms with Gasteiger partial charge in [-0.1, -0.05) is 0 Å². The Morgan fingerprint density at radius 2 is 2.11 bits per heavy atom. The zero-order valence-corrected chi connectivity index (χ0v) is 10.2. The quantitative estimate of drug-likeness (QED) is 0.730. The fourth-order valence-electron chi connectivity index (χ4n) is 1.73. The Kier molecular flexibility index (Phi) is 2.68. The van der Waals surface area contributed by atoms with Crippen molar-refractivity contribution in [3.8, 4) is 0 Å². The predicted octanol–water partition coefficient (Wildman–Crippen LogP) is 1.91. The van der Waals surface area contributed by atoms with Crippen LogP contribution in [0.5, 0.6) is 0 Å². The number of nitrogens with one attached hydrogen (secondary N) is 2. The summed E-state index contributed by atoms with van der Waals surface area (Å²) in [6.45, 7) is 1.82. The molecule has 19 heavy (non-hydrogen) atoms. The minimum absolute atomic E-state index is 0.286. The van der Waals surface area contributed by atoms with E-state index < -0.39 is 0 Å². The van der Waals surface area contributed by atoms with Gasteiger partial charge in [0.05, 0.1) is 17.4 Å². The highest BCUT2D eigenvalue weighted by molar-refractivity contribution is 6.03. The SMILES string of the molecule is Cc1ccc(C(=O)Nc2ccc3cn[nH]c3c2)nn1. The Balaban J connectivity index is 1.83. The average Bonchev–Trinajstić information content (AvgIpc) is 2.87. The van der Waals surface area contributed by atoms with E-state index in [9.17, 15) is 4.79 Å². The zero-order chi connectivity index (χ0) is 13.2. The van der Waals surface area contributed by atoms with Crippen LogP contribution in [0, 0.1) is 6.92 Å². The van der Waals surface area contributed by atoms with Gasteiger partial charge < -0.3 is 5.32 Å². The van der Waals surface area contributed by atoms with Gasteiger partial charge in [-0.25, -0.2) is 0 Å². The topological polar surface area (TPSA) is 83.6 Å². The van der Waals surface area contributed by atoms with Crippen molar-refractivity contribution in [2.45, 2.75) is 6.92 Å². The third-order valence-corrected chi connectivity index (χ3v) is 2.73. The van der Waals surface area contributed by atoms with Crippen LogP contribution in [0.1, 0.15) is 16.2 Å². The maximum atomic E-state index is 12.0.